The minimum atomic E-state index is -5.39. The molecule has 0 aromatic carbocycles. The number of halogens is 4. The van der Waals surface area contributed by atoms with Crippen molar-refractivity contribution in [2.24, 2.45) is 5.11 Å². The van der Waals surface area contributed by atoms with Gasteiger partial charge in [0.1, 0.15) is 0 Å². The molecule has 1 N–H and O–H groups in total. The van der Waals surface area contributed by atoms with E-state index in [-0.39, 0.29) is 0 Å². The van der Waals surface area contributed by atoms with Gasteiger partial charge in [-0.05, 0) is 10.6 Å². The molecule has 12 heavy (non-hydrogen) atoms. The standard InChI is InChI=1S/C3HF4N3O2/c4-2(5,1(11)12)3(6,7)9-10-8/h(H,11,12). The number of hydrogen-bond acceptors (Lipinski definition) is 2. The summed E-state index contributed by atoms with van der Waals surface area (Å²) in [6.45, 7) is 0. The smallest absolute Gasteiger partial charge is 0.410 e. The van der Waals surface area contributed by atoms with E-state index in [1.54, 1.807) is 0 Å². The van der Waals surface area contributed by atoms with E-state index in [0.29, 0.717) is 0 Å². The molecular formula is C3HF4N3O2. The first-order chi connectivity index (χ1) is 5.25. The maximum absolute atomic E-state index is 11.9. The Kier molecular flexibility index (Phi) is 2.50. The fourth-order valence-electron chi connectivity index (χ4n) is 0.248. The Morgan fingerprint density at radius 1 is 1.42 bits per heavy atom. The Bertz CT molecular complexity index is 234. The highest BCUT2D eigenvalue weighted by Gasteiger charge is 2.62. The lowest BCUT2D eigenvalue weighted by molar-refractivity contribution is -0.221. The van der Waals surface area contributed by atoms with Crippen molar-refractivity contribution < 1.29 is 27.5 Å². The normalized spacial score (nSPS) is 12.0. The number of azide groups is 1. The highest BCUT2D eigenvalue weighted by molar-refractivity contribution is 5.76. The molecule has 68 valence electrons. The number of carboxylic acids is 1. The zero-order valence-corrected chi connectivity index (χ0v) is 5.21. The molecule has 0 aromatic rings. The summed E-state index contributed by atoms with van der Waals surface area (Å²) in [5.74, 6) is -8.45. The minimum Gasteiger partial charge on any atom is -0.477 e. The van der Waals surface area contributed by atoms with E-state index < -0.39 is 17.9 Å². The first-order valence-corrected chi connectivity index (χ1v) is 2.31. The first kappa shape index (κ1) is 10.5. The number of hydrogen-bond donors (Lipinski definition) is 1. The Balaban J connectivity index is 5.00. The third kappa shape index (κ3) is 1.56. The largest absolute Gasteiger partial charge is 0.477 e. The molecule has 0 rings (SSSR count). The average molecular weight is 187 g/mol. The van der Waals surface area contributed by atoms with Crippen molar-refractivity contribution >= 4 is 5.97 Å². The number of carbonyl (C=O) groups is 1. The van der Waals surface area contributed by atoms with E-state index in [1.807, 2.05) is 0 Å². The molecule has 0 unspecified atom stereocenters. The van der Waals surface area contributed by atoms with Gasteiger partial charge in [0, 0.05) is 4.91 Å². The van der Waals surface area contributed by atoms with Gasteiger partial charge in [0.25, 0.3) is 0 Å². The Hall–Kier alpha value is -1.50. The van der Waals surface area contributed by atoms with Crippen LogP contribution in [0.2, 0.25) is 0 Å². The van der Waals surface area contributed by atoms with Crippen molar-refractivity contribution in [3.05, 3.63) is 10.4 Å². The maximum atomic E-state index is 11.9. The Morgan fingerprint density at radius 3 is 2.08 bits per heavy atom. The van der Waals surface area contributed by atoms with E-state index >= 15 is 0 Å². The average Bonchev–Trinajstić information content (AvgIpc) is 1.86. The van der Waals surface area contributed by atoms with E-state index in [1.165, 1.54) is 10.0 Å². The predicted octanol–water partition coefficient (Wildman–Crippen LogP) is 1.61. The zero-order chi connectivity index (χ0) is 9.99. The van der Waals surface area contributed by atoms with Gasteiger partial charge < -0.3 is 5.11 Å². The van der Waals surface area contributed by atoms with Crippen LogP contribution in [-0.4, -0.2) is 23.0 Å². The van der Waals surface area contributed by atoms with Gasteiger partial charge in [-0.1, -0.05) is 0 Å². The summed E-state index contributed by atoms with van der Waals surface area (Å²) in [7, 11) is 0. The van der Waals surface area contributed by atoms with Crippen molar-refractivity contribution in [2.75, 3.05) is 0 Å². The molecule has 0 saturated carbocycles. The summed E-state index contributed by atoms with van der Waals surface area (Å²) in [4.78, 5) is 10.9. The summed E-state index contributed by atoms with van der Waals surface area (Å²) in [5.41, 5.74) is 7.40. The molecule has 5 nitrogen and oxygen atoms in total. The van der Waals surface area contributed by atoms with Gasteiger partial charge in [0.15, 0.2) is 0 Å². The molecule has 0 heterocycles. The molecule has 0 aromatic heterocycles. The summed E-state index contributed by atoms with van der Waals surface area (Å²) in [5, 5.41) is 8.96. The van der Waals surface area contributed by atoms with Crippen molar-refractivity contribution in [1.82, 2.24) is 0 Å². The number of nitrogens with zero attached hydrogens (tertiary/aromatic N) is 3. The second-order valence-electron chi connectivity index (χ2n) is 1.61. The number of alkyl halides is 4. The minimum absolute atomic E-state index is 1.37. The van der Waals surface area contributed by atoms with Crippen LogP contribution in [0.3, 0.4) is 0 Å². The lowest BCUT2D eigenvalue weighted by atomic mass is 10.3. The highest BCUT2D eigenvalue weighted by Crippen LogP contribution is 2.35. The summed E-state index contributed by atoms with van der Waals surface area (Å²) in [6.07, 6.45) is 0. The second-order valence-corrected chi connectivity index (χ2v) is 1.61. The van der Waals surface area contributed by atoms with Crippen LogP contribution in [0.15, 0.2) is 5.11 Å². The topological polar surface area (TPSA) is 86.1 Å². The van der Waals surface area contributed by atoms with Crippen molar-refractivity contribution in [2.45, 2.75) is 12.0 Å². The van der Waals surface area contributed by atoms with Crippen molar-refractivity contribution in [3.63, 3.8) is 0 Å². The fourth-order valence-corrected chi connectivity index (χ4v) is 0.248. The van der Waals surface area contributed by atoms with Crippen LogP contribution in [0.1, 0.15) is 0 Å². The van der Waals surface area contributed by atoms with Crippen LogP contribution < -0.4 is 0 Å². The molecule has 0 fully saturated rings. The van der Waals surface area contributed by atoms with Gasteiger partial charge in [-0.15, -0.1) is 0 Å². The van der Waals surface area contributed by atoms with Gasteiger partial charge in [-0.2, -0.15) is 17.6 Å². The number of rotatable bonds is 3. The Labute approximate surface area is 62.2 Å². The highest BCUT2D eigenvalue weighted by atomic mass is 19.3. The second kappa shape index (κ2) is 2.86. The first-order valence-electron chi connectivity index (χ1n) is 2.31. The van der Waals surface area contributed by atoms with Crippen molar-refractivity contribution in [1.29, 1.82) is 0 Å². The molecular weight excluding hydrogens is 186 g/mol. The molecule has 0 aliphatic heterocycles. The van der Waals surface area contributed by atoms with Gasteiger partial charge in [0.2, 0.25) is 0 Å². The molecule has 0 aliphatic carbocycles. The molecule has 0 radical (unpaired) electrons. The summed E-state index contributed by atoms with van der Waals surface area (Å²) in [6, 6.07) is -5.26. The van der Waals surface area contributed by atoms with Gasteiger partial charge in [-0.25, -0.2) is 4.79 Å². The molecule has 0 saturated heterocycles. The summed E-state index contributed by atoms with van der Waals surface area (Å²) >= 11 is 0. The SMILES string of the molecule is [N-]=[N+]=NC(F)(F)C(F)(F)C(=O)O. The predicted molar refractivity (Wildman–Crippen MR) is 26.7 cm³/mol. The van der Waals surface area contributed by atoms with Crippen LogP contribution in [0.4, 0.5) is 17.6 Å². The molecule has 0 atom stereocenters. The van der Waals surface area contributed by atoms with Gasteiger partial charge in [-0.3, -0.25) is 0 Å². The van der Waals surface area contributed by atoms with E-state index in [9.17, 15) is 22.4 Å². The third-order valence-electron chi connectivity index (χ3n) is 0.817. The number of carboxylic acid groups (broad SMARTS) is 1. The van der Waals surface area contributed by atoms with Crippen LogP contribution in [0.25, 0.3) is 10.4 Å². The lowest BCUT2D eigenvalue weighted by Crippen LogP contribution is -2.45. The Morgan fingerprint density at radius 2 is 1.83 bits per heavy atom. The molecule has 0 spiro atoms. The third-order valence-corrected chi connectivity index (χ3v) is 0.817. The molecule has 0 amide bonds. The van der Waals surface area contributed by atoms with Crippen molar-refractivity contribution in [3.8, 4) is 0 Å². The van der Waals surface area contributed by atoms with E-state index in [0.717, 1.165) is 0 Å². The van der Waals surface area contributed by atoms with E-state index in [4.69, 9.17) is 10.6 Å². The fraction of sp³-hybridized carbons (Fsp3) is 0.667. The number of aliphatic carboxylic acids is 1. The molecule has 9 heteroatoms. The lowest BCUT2D eigenvalue weighted by Gasteiger charge is -2.16. The quantitative estimate of drug-likeness (QED) is 0.239. The van der Waals surface area contributed by atoms with Crippen LogP contribution in [0, 0.1) is 0 Å². The molecule has 0 aliphatic rings. The zero-order valence-electron chi connectivity index (χ0n) is 5.21. The van der Waals surface area contributed by atoms with Crippen LogP contribution in [0.5, 0.6) is 0 Å². The molecule has 0 bridgehead atoms. The van der Waals surface area contributed by atoms with Crippen LogP contribution >= 0.6 is 0 Å². The van der Waals surface area contributed by atoms with Gasteiger partial charge in [0.05, 0.1) is 0 Å². The van der Waals surface area contributed by atoms with E-state index in [2.05, 4.69) is 0 Å². The monoisotopic (exact) mass is 187 g/mol. The summed E-state index contributed by atoms with van der Waals surface area (Å²) < 4.78 is 47.6. The van der Waals surface area contributed by atoms with Gasteiger partial charge >= 0.3 is 17.9 Å². The maximum Gasteiger partial charge on any atom is 0.410 e. The van der Waals surface area contributed by atoms with Crippen LogP contribution in [-0.2, 0) is 4.79 Å².